The molecule has 2 heterocycles. The Morgan fingerprint density at radius 1 is 1.70 bits per heavy atom. The number of carbonyl (C=O) groups excluding carboxylic acids is 1. The molecule has 2 nitrogen and oxygen atoms in total. The Bertz CT molecular complexity index is 202. The fourth-order valence-corrected chi connectivity index (χ4v) is 1.71. The lowest BCUT2D eigenvalue weighted by Gasteiger charge is -2.17. The molecular weight excluding hydrogens is 152 g/mol. The number of hydrogen-bond donors (Lipinski definition) is 0. The second kappa shape index (κ2) is 1.83. The van der Waals surface area contributed by atoms with Crippen LogP contribution in [0.5, 0.6) is 0 Å². The number of carbonyl (C=O) groups is 1. The van der Waals surface area contributed by atoms with Crippen LogP contribution in [0.15, 0.2) is 12.2 Å². The van der Waals surface area contributed by atoms with E-state index < -0.39 is 4.87 Å². The predicted octanol–water partition coefficient (Wildman–Crippen LogP) is 0.890. The topological polar surface area (TPSA) is 26.3 Å². The van der Waals surface area contributed by atoms with Gasteiger partial charge in [-0.25, -0.2) is 0 Å². The van der Waals surface area contributed by atoms with Crippen LogP contribution in [0.2, 0.25) is 0 Å². The van der Waals surface area contributed by atoms with Crippen molar-refractivity contribution in [2.24, 2.45) is 0 Å². The molecule has 1 saturated heterocycles. The van der Waals surface area contributed by atoms with Crippen LogP contribution in [0.25, 0.3) is 0 Å². The van der Waals surface area contributed by atoms with Crippen molar-refractivity contribution >= 4 is 17.9 Å². The van der Waals surface area contributed by atoms with Crippen LogP contribution in [0.1, 0.15) is 6.42 Å². The van der Waals surface area contributed by atoms with E-state index in [1.807, 2.05) is 12.2 Å². The van der Waals surface area contributed by atoms with E-state index in [4.69, 9.17) is 16.3 Å². The summed E-state index contributed by atoms with van der Waals surface area (Å²) < 4.78 is 5.30. The molecule has 0 spiro atoms. The molecular formula is C7H7ClO2. The van der Waals surface area contributed by atoms with Crippen molar-refractivity contribution < 1.29 is 9.53 Å². The van der Waals surface area contributed by atoms with Gasteiger partial charge in [-0.2, -0.15) is 0 Å². The van der Waals surface area contributed by atoms with Crippen LogP contribution in [-0.2, 0) is 9.53 Å². The summed E-state index contributed by atoms with van der Waals surface area (Å²) in [5.41, 5.74) is 0. The zero-order valence-corrected chi connectivity index (χ0v) is 6.04. The average molecular weight is 159 g/mol. The molecule has 0 N–H and O–H groups in total. The van der Waals surface area contributed by atoms with Gasteiger partial charge in [0.2, 0.25) is 0 Å². The lowest BCUT2D eigenvalue weighted by Crippen LogP contribution is -2.33. The fraction of sp³-hybridized carbons (Fsp3) is 0.571. The van der Waals surface area contributed by atoms with Crippen LogP contribution in [0.4, 0.5) is 0 Å². The number of rotatable bonds is 1. The molecule has 0 aromatic heterocycles. The normalized spacial score (nSPS) is 50.1. The van der Waals surface area contributed by atoms with Gasteiger partial charge < -0.3 is 9.53 Å². The van der Waals surface area contributed by atoms with E-state index in [-0.39, 0.29) is 12.2 Å². The highest BCUT2D eigenvalue weighted by atomic mass is 35.5. The van der Waals surface area contributed by atoms with Crippen molar-refractivity contribution in [2.45, 2.75) is 23.5 Å². The lowest BCUT2D eigenvalue weighted by molar-refractivity contribution is -0.110. The molecule has 2 aliphatic rings. The van der Waals surface area contributed by atoms with Crippen LogP contribution in [0.3, 0.4) is 0 Å². The Morgan fingerprint density at radius 3 is 2.80 bits per heavy atom. The molecule has 0 aliphatic carbocycles. The average Bonchev–Trinajstić information content (AvgIpc) is 2.46. The zero-order chi connectivity index (χ0) is 7.19. The summed E-state index contributed by atoms with van der Waals surface area (Å²) in [5.74, 6) is 0. The number of halogens is 1. The van der Waals surface area contributed by atoms with Crippen LogP contribution >= 0.6 is 11.6 Å². The van der Waals surface area contributed by atoms with Gasteiger partial charge in [0.25, 0.3) is 0 Å². The fourth-order valence-electron chi connectivity index (χ4n) is 1.43. The van der Waals surface area contributed by atoms with Crippen molar-refractivity contribution in [2.75, 3.05) is 0 Å². The monoisotopic (exact) mass is 158 g/mol. The Morgan fingerprint density at radius 2 is 2.50 bits per heavy atom. The summed E-state index contributed by atoms with van der Waals surface area (Å²) in [6.07, 6.45) is 5.11. The van der Waals surface area contributed by atoms with E-state index in [0.717, 1.165) is 6.29 Å². The van der Waals surface area contributed by atoms with Crippen LogP contribution < -0.4 is 0 Å². The number of ether oxygens (including phenoxy) is 1. The third-order valence-corrected chi connectivity index (χ3v) is 2.46. The van der Waals surface area contributed by atoms with Gasteiger partial charge in [0.05, 0.1) is 6.10 Å². The quantitative estimate of drug-likeness (QED) is 0.322. The second-order valence-electron chi connectivity index (χ2n) is 2.73. The summed E-state index contributed by atoms with van der Waals surface area (Å²) in [5, 5.41) is 0. The van der Waals surface area contributed by atoms with Gasteiger partial charge in [-0.15, -0.1) is 11.6 Å². The van der Waals surface area contributed by atoms with E-state index >= 15 is 0 Å². The highest BCUT2D eigenvalue weighted by Crippen LogP contribution is 2.40. The third kappa shape index (κ3) is 0.662. The molecule has 10 heavy (non-hydrogen) atoms. The number of fused-ring (bicyclic) bond motifs is 2. The molecule has 2 rings (SSSR count). The maximum atomic E-state index is 10.5. The highest BCUT2D eigenvalue weighted by molar-refractivity contribution is 6.32. The van der Waals surface area contributed by atoms with Crippen LogP contribution in [-0.4, -0.2) is 23.4 Å². The molecule has 0 aromatic carbocycles. The smallest absolute Gasteiger partial charge is 0.144 e. The van der Waals surface area contributed by atoms with Crippen molar-refractivity contribution in [3.63, 3.8) is 0 Å². The first kappa shape index (κ1) is 6.38. The Kier molecular flexibility index (Phi) is 1.17. The highest BCUT2D eigenvalue weighted by Gasteiger charge is 2.48. The molecule has 2 aliphatic heterocycles. The second-order valence-corrected chi connectivity index (χ2v) is 3.43. The molecule has 0 amide bonds. The summed E-state index contributed by atoms with van der Waals surface area (Å²) >= 11 is 5.91. The minimum atomic E-state index is -0.764. The third-order valence-electron chi connectivity index (χ3n) is 2.00. The van der Waals surface area contributed by atoms with E-state index in [1.54, 1.807) is 0 Å². The van der Waals surface area contributed by atoms with E-state index in [1.165, 1.54) is 0 Å². The minimum absolute atomic E-state index is 0.0766. The minimum Gasteiger partial charge on any atom is -0.364 e. The molecule has 0 radical (unpaired) electrons. The van der Waals surface area contributed by atoms with Crippen molar-refractivity contribution in [3.8, 4) is 0 Å². The van der Waals surface area contributed by atoms with Gasteiger partial charge in [0, 0.05) is 6.42 Å². The van der Waals surface area contributed by atoms with Gasteiger partial charge in [0.15, 0.2) is 0 Å². The van der Waals surface area contributed by atoms with Crippen molar-refractivity contribution in [1.82, 2.24) is 0 Å². The van der Waals surface area contributed by atoms with E-state index in [0.29, 0.717) is 6.42 Å². The van der Waals surface area contributed by atoms with Gasteiger partial charge in [-0.05, 0) is 0 Å². The zero-order valence-electron chi connectivity index (χ0n) is 5.29. The van der Waals surface area contributed by atoms with Gasteiger partial charge in [0.1, 0.15) is 17.3 Å². The molecule has 1 fully saturated rings. The van der Waals surface area contributed by atoms with E-state index in [2.05, 4.69) is 0 Å². The molecule has 0 aromatic rings. The summed E-state index contributed by atoms with van der Waals surface area (Å²) in [7, 11) is 0. The summed E-state index contributed by atoms with van der Waals surface area (Å²) in [4.78, 5) is 9.71. The molecule has 0 unspecified atom stereocenters. The first-order chi connectivity index (χ1) is 4.74. The molecule has 3 atom stereocenters. The molecule has 54 valence electrons. The first-order valence-corrected chi connectivity index (χ1v) is 3.61. The number of hydrogen-bond acceptors (Lipinski definition) is 2. The molecule has 3 heteroatoms. The number of alkyl halides is 1. The predicted molar refractivity (Wildman–Crippen MR) is 37.1 cm³/mol. The van der Waals surface area contributed by atoms with Gasteiger partial charge in [-0.1, -0.05) is 12.2 Å². The Balaban J connectivity index is 2.30. The van der Waals surface area contributed by atoms with Crippen molar-refractivity contribution in [1.29, 1.82) is 0 Å². The maximum absolute atomic E-state index is 10.5. The summed E-state index contributed by atoms with van der Waals surface area (Å²) in [6.45, 7) is 0. The van der Waals surface area contributed by atoms with Crippen LogP contribution in [0, 0.1) is 0 Å². The largest absolute Gasteiger partial charge is 0.364 e. The van der Waals surface area contributed by atoms with Crippen molar-refractivity contribution in [3.05, 3.63) is 12.2 Å². The first-order valence-electron chi connectivity index (χ1n) is 3.24. The van der Waals surface area contributed by atoms with Gasteiger partial charge in [-0.3, -0.25) is 0 Å². The Hall–Kier alpha value is -0.340. The molecule has 2 bridgehead atoms. The maximum Gasteiger partial charge on any atom is 0.144 e. The van der Waals surface area contributed by atoms with Gasteiger partial charge >= 0.3 is 0 Å². The SMILES string of the molecule is O=C[C@]1(Cl)C[C@H]2C=C[C@@H]1O2. The standard InChI is InChI=1S/C7H7ClO2/c8-7(4-9)3-5-1-2-6(7)10-5/h1-2,4-6H,3H2/t5-,6+,7-/m1/s1. The summed E-state index contributed by atoms with van der Waals surface area (Å²) in [6, 6.07) is 0. The Labute approximate surface area is 63.8 Å². The van der Waals surface area contributed by atoms with E-state index in [9.17, 15) is 4.79 Å². The lowest BCUT2D eigenvalue weighted by atomic mass is 9.95. The number of aldehydes is 1. The molecule has 0 saturated carbocycles.